The van der Waals surface area contributed by atoms with Crippen molar-refractivity contribution in [3.8, 4) is 0 Å². The maximum atomic E-state index is 11.3. The van der Waals surface area contributed by atoms with Crippen molar-refractivity contribution in [3.05, 3.63) is 24.6 Å². The lowest BCUT2D eigenvalue weighted by Gasteiger charge is -2.03. The van der Waals surface area contributed by atoms with Gasteiger partial charge in [-0.15, -0.1) is 0 Å². The molecule has 0 aromatic carbocycles. The van der Waals surface area contributed by atoms with Crippen molar-refractivity contribution in [3.63, 3.8) is 0 Å². The Morgan fingerprint density at radius 3 is 1.60 bits per heavy atom. The van der Waals surface area contributed by atoms with Crippen LogP contribution in [0.4, 0.5) is 4.39 Å². The fourth-order valence-electron chi connectivity index (χ4n) is 1.11. The summed E-state index contributed by atoms with van der Waals surface area (Å²) in [5.74, 6) is 1.80. The molecule has 0 aliphatic heterocycles. The molecule has 2 nitrogen and oxygen atoms in total. The van der Waals surface area contributed by atoms with Gasteiger partial charge in [0.25, 0.3) is 0 Å². The first-order valence-electron chi connectivity index (χ1n) is 7.47. The first kappa shape index (κ1) is 21.6. The third-order valence-corrected chi connectivity index (χ3v) is 1.94. The largest absolute Gasteiger partial charge is 0.377 e. The second-order valence-electron chi connectivity index (χ2n) is 5.90. The molecule has 0 unspecified atom stereocenters. The summed E-state index contributed by atoms with van der Waals surface area (Å²) < 4.78 is 21.6. The van der Waals surface area contributed by atoms with Crippen LogP contribution in [0.3, 0.4) is 0 Å². The SMILES string of the molecule is CC(C)/C=C/COCC(C)C.CC(C)COC/C=C/F. The normalized spacial score (nSPS) is 11.9. The molecule has 0 aromatic rings. The van der Waals surface area contributed by atoms with E-state index in [-0.39, 0.29) is 0 Å². The molecular formula is C17H33FO2. The summed E-state index contributed by atoms with van der Waals surface area (Å²) in [5.41, 5.74) is 0. The minimum Gasteiger partial charge on any atom is -0.377 e. The number of allylic oxidation sites excluding steroid dienone is 1. The van der Waals surface area contributed by atoms with Gasteiger partial charge in [0, 0.05) is 13.2 Å². The molecule has 20 heavy (non-hydrogen) atoms. The fourth-order valence-corrected chi connectivity index (χ4v) is 1.11. The Bertz CT molecular complexity index is 233. The number of ether oxygens (including phenoxy) is 2. The van der Waals surface area contributed by atoms with Crippen LogP contribution in [0.25, 0.3) is 0 Å². The Hall–Kier alpha value is -0.670. The van der Waals surface area contributed by atoms with Gasteiger partial charge in [0.2, 0.25) is 0 Å². The zero-order valence-corrected chi connectivity index (χ0v) is 14.1. The molecule has 120 valence electrons. The molecule has 3 heteroatoms. The van der Waals surface area contributed by atoms with E-state index in [2.05, 4.69) is 53.7 Å². The molecule has 0 aliphatic rings. The number of halogens is 1. The highest BCUT2D eigenvalue weighted by molar-refractivity contribution is 4.84. The van der Waals surface area contributed by atoms with Crippen LogP contribution < -0.4 is 0 Å². The smallest absolute Gasteiger partial charge is 0.0849 e. The third kappa shape index (κ3) is 26.0. The van der Waals surface area contributed by atoms with Gasteiger partial charge in [-0.2, -0.15) is 0 Å². The maximum absolute atomic E-state index is 11.3. The van der Waals surface area contributed by atoms with E-state index in [1.807, 2.05) is 0 Å². The summed E-state index contributed by atoms with van der Waals surface area (Å²) in [5, 5.41) is 0. The average Bonchev–Trinajstić information content (AvgIpc) is 2.34. The van der Waals surface area contributed by atoms with Crippen LogP contribution in [0.5, 0.6) is 0 Å². The van der Waals surface area contributed by atoms with Gasteiger partial charge in [-0.25, -0.2) is 4.39 Å². The van der Waals surface area contributed by atoms with Gasteiger partial charge in [0.15, 0.2) is 0 Å². The molecule has 0 saturated heterocycles. The van der Waals surface area contributed by atoms with E-state index in [4.69, 9.17) is 9.47 Å². The monoisotopic (exact) mass is 288 g/mol. The van der Waals surface area contributed by atoms with E-state index in [1.54, 1.807) is 0 Å². The Morgan fingerprint density at radius 1 is 0.800 bits per heavy atom. The predicted octanol–water partition coefficient (Wildman–Crippen LogP) is 5.01. The molecule has 0 amide bonds. The summed E-state index contributed by atoms with van der Waals surface area (Å²) in [6.07, 6.45) is 6.11. The molecule has 0 saturated carbocycles. The van der Waals surface area contributed by atoms with E-state index in [0.717, 1.165) is 13.2 Å². The van der Waals surface area contributed by atoms with Crippen molar-refractivity contribution >= 4 is 0 Å². The topological polar surface area (TPSA) is 18.5 Å². The molecule has 0 fully saturated rings. The van der Waals surface area contributed by atoms with Crippen molar-refractivity contribution in [1.29, 1.82) is 0 Å². The van der Waals surface area contributed by atoms with Crippen molar-refractivity contribution in [2.45, 2.75) is 41.5 Å². The lowest BCUT2D eigenvalue weighted by molar-refractivity contribution is 0.134. The van der Waals surface area contributed by atoms with Gasteiger partial charge in [-0.3, -0.25) is 0 Å². The molecule has 0 N–H and O–H groups in total. The zero-order chi connectivity index (χ0) is 15.8. The lowest BCUT2D eigenvalue weighted by Crippen LogP contribution is -2.01. The summed E-state index contributed by atoms with van der Waals surface area (Å²) in [4.78, 5) is 0. The van der Waals surface area contributed by atoms with Crippen LogP contribution in [-0.4, -0.2) is 26.4 Å². The summed E-state index contributed by atoms with van der Waals surface area (Å²) in [6, 6.07) is 0. The third-order valence-electron chi connectivity index (χ3n) is 1.94. The van der Waals surface area contributed by atoms with Gasteiger partial charge in [0.1, 0.15) is 0 Å². The average molecular weight is 288 g/mol. The van der Waals surface area contributed by atoms with Crippen molar-refractivity contribution < 1.29 is 13.9 Å². The first-order valence-corrected chi connectivity index (χ1v) is 7.47. The molecule has 0 heterocycles. The second-order valence-corrected chi connectivity index (χ2v) is 5.90. The Kier molecular flexibility index (Phi) is 17.7. The molecule has 0 aromatic heterocycles. The Balaban J connectivity index is 0. The van der Waals surface area contributed by atoms with E-state index < -0.39 is 0 Å². The number of hydrogen-bond acceptors (Lipinski definition) is 2. The first-order chi connectivity index (χ1) is 9.40. The van der Waals surface area contributed by atoms with E-state index in [9.17, 15) is 4.39 Å². The highest BCUT2D eigenvalue weighted by Gasteiger charge is 1.91. The maximum Gasteiger partial charge on any atom is 0.0849 e. The van der Waals surface area contributed by atoms with Crippen LogP contribution in [0.1, 0.15) is 41.5 Å². The van der Waals surface area contributed by atoms with Crippen molar-refractivity contribution in [1.82, 2.24) is 0 Å². The molecule has 0 aliphatic carbocycles. The molecular weight excluding hydrogens is 255 g/mol. The standard InChI is InChI=1S/C10H20O.C7H13FO/c1-9(2)6-5-7-11-8-10(3)4;1-7(2)6-9-5-3-4-8/h5-6,9-10H,7-8H2,1-4H3;3-4,7H,5-6H2,1-2H3/b6-5+;4-3+. The fraction of sp³-hybridized carbons (Fsp3) is 0.765. The highest BCUT2D eigenvalue weighted by atomic mass is 19.1. The van der Waals surface area contributed by atoms with E-state index in [1.165, 1.54) is 6.08 Å². The Labute approximate surface area is 125 Å². The number of hydrogen-bond donors (Lipinski definition) is 0. The molecule has 0 bridgehead atoms. The highest BCUT2D eigenvalue weighted by Crippen LogP contribution is 1.95. The van der Waals surface area contributed by atoms with Crippen molar-refractivity contribution in [2.24, 2.45) is 17.8 Å². The second kappa shape index (κ2) is 16.4. The van der Waals surface area contributed by atoms with Crippen LogP contribution >= 0.6 is 0 Å². The van der Waals surface area contributed by atoms with Gasteiger partial charge >= 0.3 is 0 Å². The molecule has 0 rings (SSSR count). The van der Waals surface area contributed by atoms with Crippen LogP contribution in [0.2, 0.25) is 0 Å². The van der Waals surface area contributed by atoms with E-state index in [0.29, 0.717) is 37.3 Å². The zero-order valence-electron chi connectivity index (χ0n) is 14.1. The van der Waals surface area contributed by atoms with Gasteiger partial charge in [0.05, 0.1) is 19.5 Å². The summed E-state index contributed by atoms with van der Waals surface area (Å²) >= 11 is 0. The predicted molar refractivity (Wildman–Crippen MR) is 85.5 cm³/mol. The van der Waals surface area contributed by atoms with Gasteiger partial charge < -0.3 is 9.47 Å². The van der Waals surface area contributed by atoms with Crippen molar-refractivity contribution in [2.75, 3.05) is 26.4 Å². The lowest BCUT2D eigenvalue weighted by atomic mass is 10.2. The van der Waals surface area contributed by atoms with Crippen LogP contribution in [-0.2, 0) is 9.47 Å². The van der Waals surface area contributed by atoms with Gasteiger partial charge in [-0.05, 0) is 23.8 Å². The number of rotatable bonds is 9. The minimum absolute atomic E-state index is 0.384. The molecule has 0 radical (unpaired) electrons. The van der Waals surface area contributed by atoms with E-state index >= 15 is 0 Å². The van der Waals surface area contributed by atoms with Crippen LogP contribution in [0.15, 0.2) is 24.6 Å². The molecule has 0 spiro atoms. The quantitative estimate of drug-likeness (QED) is 0.438. The Morgan fingerprint density at radius 2 is 1.25 bits per heavy atom. The minimum atomic E-state index is 0.384. The summed E-state index contributed by atoms with van der Waals surface area (Å²) in [6.45, 7) is 15.5. The molecule has 0 atom stereocenters. The van der Waals surface area contributed by atoms with Gasteiger partial charge in [-0.1, -0.05) is 53.7 Å². The summed E-state index contributed by atoms with van der Waals surface area (Å²) in [7, 11) is 0. The van der Waals surface area contributed by atoms with Crippen LogP contribution in [0, 0.1) is 17.8 Å².